The van der Waals surface area contributed by atoms with Crippen LogP contribution in [0.2, 0.25) is 0 Å². The summed E-state index contributed by atoms with van der Waals surface area (Å²) in [6, 6.07) is 11.8. The minimum absolute atomic E-state index is 0.104. The lowest BCUT2D eigenvalue weighted by molar-refractivity contribution is -0.118. The Morgan fingerprint density at radius 3 is 1.51 bits per heavy atom. The molecule has 2 amide bonds. The zero-order chi connectivity index (χ0) is 27.8. The molecule has 4 rings (SSSR count). The summed E-state index contributed by atoms with van der Waals surface area (Å²) < 4.78 is 17.4. The van der Waals surface area contributed by atoms with Gasteiger partial charge in [-0.2, -0.15) is 9.98 Å². The van der Waals surface area contributed by atoms with Gasteiger partial charge >= 0.3 is 0 Å². The number of fused-ring (bicyclic) bond motifs is 2. The number of nitrogens with zero attached hydrogens (tertiary/aromatic N) is 4. The number of benzene rings is 2. The number of aryl methyl sites for hydroxylation is 2. The third-order valence-corrected chi connectivity index (χ3v) is 8.59. The summed E-state index contributed by atoms with van der Waals surface area (Å²) in [7, 11) is 3.83. The topological polar surface area (TPSA) is 87.2 Å². The van der Waals surface area contributed by atoms with Crippen LogP contribution in [0.5, 0.6) is 11.5 Å². The molecular weight excluding hydrogens is 532 g/mol. The standard InChI is InChI=1S/C29H36N4O4S2/c1-5-36-20-14-12-16-22-26(20)32(3)28(38-22)30-24(34)18-10-8-7-9-11-19-25(35)31-29-33(4)27-21(37-6-2)15-13-17-23(27)39-29/h12-17H,5-11,18-19H2,1-4H3. The smallest absolute Gasteiger partial charge is 0.248 e. The Bertz CT molecular complexity index is 1470. The quantitative estimate of drug-likeness (QED) is 0.200. The van der Waals surface area contributed by atoms with Crippen molar-refractivity contribution < 1.29 is 19.1 Å². The normalized spacial score (nSPS) is 12.5. The van der Waals surface area contributed by atoms with Gasteiger partial charge in [0.1, 0.15) is 22.5 Å². The van der Waals surface area contributed by atoms with Crippen LogP contribution in [0.3, 0.4) is 0 Å². The molecule has 39 heavy (non-hydrogen) atoms. The number of amides is 2. The first-order chi connectivity index (χ1) is 18.9. The van der Waals surface area contributed by atoms with E-state index in [2.05, 4.69) is 9.98 Å². The van der Waals surface area contributed by atoms with Crippen molar-refractivity contribution >= 4 is 54.9 Å². The van der Waals surface area contributed by atoms with Crippen molar-refractivity contribution in [2.75, 3.05) is 13.2 Å². The molecule has 0 aliphatic rings. The molecule has 2 heterocycles. The highest BCUT2D eigenvalue weighted by atomic mass is 32.1. The summed E-state index contributed by atoms with van der Waals surface area (Å²) in [6.07, 6.45) is 5.28. The van der Waals surface area contributed by atoms with Gasteiger partial charge in [0.25, 0.3) is 0 Å². The van der Waals surface area contributed by atoms with Crippen molar-refractivity contribution in [3.63, 3.8) is 0 Å². The van der Waals surface area contributed by atoms with E-state index in [0.29, 0.717) is 35.7 Å². The maximum absolute atomic E-state index is 12.5. The van der Waals surface area contributed by atoms with E-state index in [9.17, 15) is 9.59 Å². The molecule has 0 saturated heterocycles. The second kappa shape index (κ2) is 13.7. The fraction of sp³-hybridized carbons (Fsp3) is 0.448. The molecule has 0 aliphatic carbocycles. The van der Waals surface area contributed by atoms with Crippen molar-refractivity contribution in [2.45, 2.75) is 58.8 Å². The predicted octanol–water partition coefficient (Wildman–Crippen LogP) is 5.88. The molecule has 0 aliphatic heterocycles. The Labute approximate surface area is 236 Å². The van der Waals surface area contributed by atoms with Crippen LogP contribution in [-0.4, -0.2) is 34.2 Å². The van der Waals surface area contributed by atoms with Crippen molar-refractivity contribution in [1.29, 1.82) is 0 Å². The minimum Gasteiger partial charge on any atom is -0.492 e. The van der Waals surface area contributed by atoms with Gasteiger partial charge in [0.05, 0.1) is 22.6 Å². The van der Waals surface area contributed by atoms with Gasteiger partial charge in [-0.1, -0.05) is 54.1 Å². The number of aromatic nitrogens is 2. The fourth-order valence-corrected chi connectivity index (χ4v) is 6.61. The number of rotatable bonds is 12. The largest absolute Gasteiger partial charge is 0.492 e. The van der Waals surface area contributed by atoms with Crippen molar-refractivity contribution in [1.82, 2.24) is 9.13 Å². The monoisotopic (exact) mass is 568 g/mol. The first-order valence-corrected chi connectivity index (χ1v) is 15.1. The molecule has 0 spiro atoms. The first kappa shape index (κ1) is 28.8. The first-order valence-electron chi connectivity index (χ1n) is 13.5. The number of carbonyl (C=O) groups excluding carboxylic acids is 2. The van der Waals surface area contributed by atoms with E-state index in [0.717, 1.165) is 64.0 Å². The molecule has 208 valence electrons. The number of hydrogen-bond donors (Lipinski definition) is 0. The van der Waals surface area contributed by atoms with Crippen molar-refractivity contribution in [3.05, 3.63) is 46.0 Å². The van der Waals surface area contributed by atoms with Gasteiger partial charge in [0.2, 0.25) is 11.8 Å². The summed E-state index contributed by atoms with van der Waals surface area (Å²) in [5.41, 5.74) is 1.93. The lowest BCUT2D eigenvalue weighted by Gasteiger charge is -2.05. The summed E-state index contributed by atoms with van der Waals surface area (Å²) in [5, 5.41) is 0. The molecule has 0 unspecified atom stereocenters. The second-order valence-electron chi connectivity index (χ2n) is 9.24. The minimum atomic E-state index is -0.104. The van der Waals surface area contributed by atoms with E-state index < -0.39 is 0 Å². The van der Waals surface area contributed by atoms with Gasteiger partial charge in [0.15, 0.2) is 9.60 Å². The average molecular weight is 569 g/mol. The van der Waals surface area contributed by atoms with E-state index in [-0.39, 0.29) is 11.8 Å². The van der Waals surface area contributed by atoms with Crippen LogP contribution >= 0.6 is 22.7 Å². The van der Waals surface area contributed by atoms with E-state index in [4.69, 9.17) is 9.47 Å². The molecular formula is C29H36N4O4S2. The molecule has 8 nitrogen and oxygen atoms in total. The highest BCUT2D eigenvalue weighted by Crippen LogP contribution is 2.28. The summed E-state index contributed by atoms with van der Waals surface area (Å²) in [6.45, 7) is 5.09. The average Bonchev–Trinajstić information content (AvgIpc) is 3.40. The van der Waals surface area contributed by atoms with E-state index in [1.807, 2.05) is 73.5 Å². The third kappa shape index (κ3) is 7.05. The molecule has 0 atom stereocenters. The maximum atomic E-state index is 12.5. The Morgan fingerprint density at radius 2 is 1.10 bits per heavy atom. The van der Waals surface area contributed by atoms with Gasteiger partial charge < -0.3 is 18.6 Å². The van der Waals surface area contributed by atoms with Crippen LogP contribution in [0.25, 0.3) is 20.4 Å². The summed E-state index contributed by atoms with van der Waals surface area (Å²) >= 11 is 3.00. The van der Waals surface area contributed by atoms with Crippen LogP contribution in [0.15, 0.2) is 46.4 Å². The Hall–Kier alpha value is -3.24. The molecule has 2 aromatic heterocycles. The zero-order valence-electron chi connectivity index (χ0n) is 23.1. The number of ether oxygens (including phenoxy) is 2. The van der Waals surface area contributed by atoms with Gasteiger partial charge in [-0.25, -0.2) is 0 Å². The van der Waals surface area contributed by atoms with Crippen molar-refractivity contribution in [2.24, 2.45) is 24.1 Å². The maximum Gasteiger partial charge on any atom is 0.248 e. The molecule has 0 saturated carbocycles. The lowest BCUT2D eigenvalue weighted by atomic mass is 10.1. The fourth-order valence-electron chi connectivity index (χ4n) is 4.50. The van der Waals surface area contributed by atoms with E-state index in [1.165, 1.54) is 22.7 Å². The van der Waals surface area contributed by atoms with Gasteiger partial charge in [0, 0.05) is 26.9 Å². The van der Waals surface area contributed by atoms with Crippen LogP contribution in [0.4, 0.5) is 0 Å². The Kier molecular flexibility index (Phi) is 10.1. The van der Waals surface area contributed by atoms with Gasteiger partial charge in [-0.3, -0.25) is 9.59 Å². The lowest BCUT2D eigenvalue weighted by Crippen LogP contribution is -2.13. The predicted molar refractivity (Wildman–Crippen MR) is 157 cm³/mol. The molecule has 0 radical (unpaired) electrons. The molecule has 2 aromatic carbocycles. The number of thiazole rings is 2. The number of carbonyl (C=O) groups is 2. The number of para-hydroxylation sites is 2. The van der Waals surface area contributed by atoms with E-state index >= 15 is 0 Å². The molecule has 4 aromatic rings. The Morgan fingerprint density at radius 1 is 0.692 bits per heavy atom. The van der Waals surface area contributed by atoms with Gasteiger partial charge in [-0.05, 0) is 51.0 Å². The Balaban J connectivity index is 1.22. The molecule has 0 bridgehead atoms. The SMILES string of the molecule is CCOc1cccc2sc(=NC(=O)CCCCCCCC(=O)N=c3sc4cccc(OCC)c4n3C)n(C)c12. The second-order valence-corrected chi connectivity index (χ2v) is 11.3. The zero-order valence-corrected chi connectivity index (χ0v) is 24.7. The summed E-state index contributed by atoms with van der Waals surface area (Å²) in [5.74, 6) is 1.41. The van der Waals surface area contributed by atoms with Crippen LogP contribution < -0.4 is 19.1 Å². The number of hydrogen-bond acceptors (Lipinski definition) is 6. The van der Waals surface area contributed by atoms with Crippen LogP contribution in [0, 0.1) is 0 Å². The van der Waals surface area contributed by atoms with E-state index in [1.54, 1.807) is 0 Å². The molecule has 0 N–H and O–H groups in total. The highest BCUT2D eigenvalue weighted by molar-refractivity contribution is 7.16. The highest BCUT2D eigenvalue weighted by Gasteiger charge is 2.11. The molecule has 0 fully saturated rings. The summed E-state index contributed by atoms with van der Waals surface area (Å²) in [4.78, 5) is 35.0. The van der Waals surface area contributed by atoms with Crippen LogP contribution in [-0.2, 0) is 23.7 Å². The van der Waals surface area contributed by atoms with Crippen molar-refractivity contribution in [3.8, 4) is 11.5 Å². The van der Waals surface area contributed by atoms with Crippen LogP contribution in [0.1, 0.15) is 58.8 Å². The third-order valence-electron chi connectivity index (χ3n) is 6.39. The van der Waals surface area contributed by atoms with Gasteiger partial charge in [-0.15, -0.1) is 0 Å². The number of unbranched alkanes of at least 4 members (excludes halogenated alkanes) is 4. The molecule has 10 heteroatoms.